The van der Waals surface area contributed by atoms with Crippen LogP contribution in [0.3, 0.4) is 0 Å². The van der Waals surface area contributed by atoms with Crippen LogP contribution in [0, 0.1) is 0 Å². The standard InChI is InChI=1S/C18H28N2O3S/c1-3-14-24(22,23)20-13-7-10-17(20)18(21)19-15(2)11-12-16-8-5-4-6-9-16/h4-6,8-9,15,17H,3,7,10-14H2,1-2H3,(H,19,21)/t15-,17-/m1/s1. The number of aryl methyl sites for hydroxylation is 1. The lowest BCUT2D eigenvalue weighted by molar-refractivity contribution is -0.124. The van der Waals surface area contributed by atoms with Crippen LogP contribution in [0.25, 0.3) is 0 Å². The molecule has 0 radical (unpaired) electrons. The molecule has 0 saturated carbocycles. The van der Waals surface area contributed by atoms with Gasteiger partial charge in [0.15, 0.2) is 0 Å². The van der Waals surface area contributed by atoms with Gasteiger partial charge in [0, 0.05) is 12.6 Å². The van der Waals surface area contributed by atoms with Crippen LogP contribution in [0.2, 0.25) is 0 Å². The van der Waals surface area contributed by atoms with Crippen LogP contribution in [0.4, 0.5) is 0 Å². The quantitative estimate of drug-likeness (QED) is 0.781. The highest BCUT2D eigenvalue weighted by molar-refractivity contribution is 7.89. The van der Waals surface area contributed by atoms with Gasteiger partial charge in [0.05, 0.1) is 5.75 Å². The summed E-state index contributed by atoms with van der Waals surface area (Å²) in [5.41, 5.74) is 1.24. The highest BCUT2D eigenvalue weighted by atomic mass is 32.2. The molecule has 1 aromatic carbocycles. The van der Waals surface area contributed by atoms with E-state index in [0.717, 1.165) is 19.3 Å². The lowest BCUT2D eigenvalue weighted by Gasteiger charge is -2.25. The van der Waals surface area contributed by atoms with Gasteiger partial charge in [-0.25, -0.2) is 8.42 Å². The zero-order valence-corrected chi connectivity index (χ0v) is 15.4. The molecule has 24 heavy (non-hydrogen) atoms. The fourth-order valence-corrected chi connectivity index (χ4v) is 4.90. The van der Waals surface area contributed by atoms with Crippen LogP contribution < -0.4 is 5.32 Å². The predicted molar refractivity (Wildman–Crippen MR) is 96.2 cm³/mol. The Hall–Kier alpha value is -1.40. The number of hydrogen-bond donors (Lipinski definition) is 1. The van der Waals surface area contributed by atoms with Crippen molar-refractivity contribution in [1.82, 2.24) is 9.62 Å². The number of carbonyl (C=O) groups is 1. The molecule has 6 heteroatoms. The molecule has 1 aromatic rings. The van der Waals surface area contributed by atoms with Crippen molar-refractivity contribution in [1.29, 1.82) is 0 Å². The van der Waals surface area contributed by atoms with Crippen LogP contribution in [0.15, 0.2) is 30.3 Å². The molecule has 1 amide bonds. The molecule has 2 atom stereocenters. The van der Waals surface area contributed by atoms with Gasteiger partial charge in [0.2, 0.25) is 15.9 Å². The lowest BCUT2D eigenvalue weighted by Crippen LogP contribution is -2.48. The molecular formula is C18H28N2O3S. The Balaban J connectivity index is 1.88. The van der Waals surface area contributed by atoms with Crippen molar-refractivity contribution in [2.24, 2.45) is 0 Å². The van der Waals surface area contributed by atoms with Gasteiger partial charge in [-0.1, -0.05) is 37.3 Å². The predicted octanol–water partition coefficient (Wildman–Crippen LogP) is 2.33. The van der Waals surface area contributed by atoms with Gasteiger partial charge in [-0.05, 0) is 44.6 Å². The van der Waals surface area contributed by atoms with E-state index in [1.54, 1.807) is 0 Å². The van der Waals surface area contributed by atoms with E-state index in [4.69, 9.17) is 0 Å². The van der Waals surface area contributed by atoms with Crippen molar-refractivity contribution in [3.05, 3.63) is 35.9 Å². The highest BCUT2D eigenvalue weighted by Crippen LogP contribution is 2.22. The lowest BCUT2D eigenvalue weighted by atomic mass is 10.1. The number of carbonyl (C=O) groups excluding carboxylic acids is 1. The summed E-state index contributed by atoms with van der Waals surface area (Å²) in [5, 5.41) is 2.99. The van der Waals surface area contributed by atoms with E-state index >= 15 is 0 Å². The fraction of sp³-hybridized carbons (Fsp3) is 0.611. The minimum atomic E-state index is -3.32. The molecule has 0 aromatic heterocycles. The van der Waals surface area contributed by atoms with Gasteiger partial charge in [0.1, 0.15) is 6.04 Å². The minimum Gasteiger partial charge on any atom is -0.352 e. The van der Waals surface area contributed by atoms with Crippen molar-refractivity contribution in [3.8, 4) is 0 Å². The van der Waals surface area contributed by atoms with E-state index in [0.29, 0.717) is 19.4 Å². The number of nitrogens with zero attached hydrogens (tertiary/aromatic N) is 1. The van der Waals surface area contributed by atoms with E-state index in [1.165, 1.54) is 9.87 Å². The zero-order valence-electron chi connectivity index (χ0n) is 14.6. The van der Waals surface area contributed by atoms with Crippen LogP contribution in [0.1, 0.15) is 45.1 Å². The summed E-state index contributed by atoms with van der Waals surface area (Å²) in [7, 11) is -3.32. The maximum atomic E-state index is 12.5. The third-order valence-corrected chi connectivity index (χ3v) is 6.50. The third kappa shape index (κ3) is 5.05. The molecule has 134 valence electrons. The summed E-state index contributed by atoms with van der Waals surface area (Å²) >= 11 is 0. The molecule has 1 N–H and O–H groups in total. The Morgan fingerprint density at radius 2 is 2.04 bits per heavy atom. The van der Waals surface area contributed by atoms with Gasteiger partial charge in [-0.15, -0.1) is 0 Å². The number of benzene rings is 1. The molecule has 0 aliphatic carbocycles. The second-order valence-electron chi connectivity index (χ2n) is 6.52. The Labute approximate surface area is 145 Å². The number of amides is 1. The molecule has 1 saturated heterocycles. The van der Waals surface area contributed by atoms with E-state index in [2.05, 4.69) is 17.4 Å². The molecule has 0 spiro atoms. The topological polar surface area (TPSA) is 66.5 Å². The smallest absolute Gasteiger partial charge is 0.238 e. The molecule has 2 rings (SSSR count). The molecule has 1 aliphatic heterocycles. The summed E-state index contributed by atoms with van der Waals surface area (Å²) in [5.74, 6) is -0.0481. The van der Waals surface area contributed by atoms with E-state index in [1.807, 2.05) is 32.0 Å². The monoisotopic (exact) mass is 352 g/mol. The van der Waals surface area contributed by atoms with E-state index in [9.17, 15) is 13.2 Å². The Morgan fingerprint density at radius 3 is 2.71 bits per heavy atom. The number of rotatable bonds is 8. The maximum absolute atomic E-state index is 12.5. The van der Waals surface area contributed by atoms with Gasteiger partial charge < -0.3 is 5.32 Å². The fourth-order valence-electron chi connectivity index (χ4n) is 3.15. The summed E-state index contributed by atoms with van der Waals surface area (Å²) < 4.78 is 26.0. The van der Waals surface area contributed by atoms with Crippen LogP contribution in [0.5, 0.6) is 0 Å². The minimum absolute atomic E-state index is 0.0223. The second-order valence-corrected chi connectivity index (χ2v) is 8.56. The first-order chi connectivity index (χ1) is 11.4. The van der Waals surface area contributed by atoms with Crippen molar-refractivity contribution in [2.45, 2.75) is 58.0 Å². The van der Waals surface area contributed by atoms with E-state index in [-0.39, 0.29) is 17.7 Å². The number of hydrogen-bond acceptors (Lipinski definition) is 3. The second kappa shape index (κ2) is 8.62. The van der Waals surface area contributed by atoms with Gasteiger partial charge >= 0.3 is 0 Å². The number of sulfonamides is 1. The Kier molecular flexibility index (Phi) is 6.80. The van der Waals surface area contributed by atoms with Gasteiger partial charge in [-0.2, -0.15) is 4.31 Å². The summed E-state index contributed by atoms with van der Waals surface area (Å²) in [6.07, 6.45) is 3.66. The average Bonchev–Trinajstić information content (AvgIpc) is 3.04. The SMILES string of the molecule is CCCS(=O)(=O)N1CCC[C@@H]1C(=O)N[C@H](C)CCc1ccccc1. The van der Waals surface area contributed by atoms with Crippen LogP contribution in [-0.2, 0) is 21.2 Å². The first kappa shape index (κ1) is 18.9. The van der Waals surface area contributed by atoms with Crippen molar-refractivity contribution in [3.63, 3.8) is 0 Å². The van der Waals surface area contributed by atoms with Crippen molar-refractivity contribution < 1.29 is 13.2 Å². The van der Waals surface area contributed by atoms with Gasteiger partial charge in [-0.3, -0.25) is 4.79 Å². The molecule has 1 heterocycles. The third-order valence-electron chi connectivity index (χ3n) is 4.42. The summed E-state index contributed by atoms with van der Waals surface area (Å²) in [4.78, 5) is 12.5. The molecule has 1 aliphatic rings. The summed E-state index contributed by atoms with van der Waals surface area (Å²) in [6.45, 7) is 4.27. The van der Waals surface area contributed by atoms with Crippen molar-refractivity contribution >= 4 is 15.9 Å². The Bertz CT molecular complexity index is 631. The highest BCUT2D eigenvalue weighted by Gasteiger charge is 2.38. The summed E-state index contributed by atoms with van der Waals surface area (Å²) in [6, 6.07) is 9.63. The van der Waals surface area contributed by atoms with Crippen LogP contribution >= 0.6 is 0 Å². The molecule has 0 bridgehead atoms. The molecule has 0 unspecified atom stereocenters. The van der Waals surface area contributed by atoms with Crippen LogP contribution in [-0.4, -0.2) is 43.0 Å². The first-order valence-electron chi connectivity index (χ1n) is 8.78. The average molecular weight is 353 g/mol. The normalized spacial score (nSPS) is 20.0. The first-order valence-corrected chi connectivity index (χ1v) is 10.4. The van der Waals surface area contributed by atoms with E-state index < -0.39 is 16.1 Å². The van der Waals surface area contributed by atoms with Crippen molar-refractivity contribution in [2.75, 3.05) is 12.3 Å². The van der Waals surface area contributed by atoms with Gasteiger partial charge in [0.25, 0.3) is 0 Å². The molecule has 1 fully saturated rings. The zero-order chi connectivity index (χ0) is 17.6. The Morgan fingerprint density at radius 1 is 1.33 bits per heavy atom. The molecule has 5 nitrogen and oxygen atoms in total. The maximum Gasteiger partial charge on any atom is 0.238 e. The largest absolute Gasteiger partial charge is 0.352 e. The molecular weight excluding hydrogens is 324 g/mol. The number of nitrogens with one attached hydrogen (secondary N) is 1.